The highest BCUT2D eigenvalue weighted by Crippen LogP contribution is 2.42. The number of imidazole rings is 1. The van der Waals surface area contributed by atoms with Gasteiger partial charge < -0.3 is 23.9 Å². The number of benzene rings is 2. The van der Waals surface area contributed by atoms with Gasteiger partial charge in [0.2, 0.25) is 11.9 Å². The summed E-state index contributed by atoms with van der Waals surface area (Å²) >= 11 is 0. The Bertz CT molecular complexity index is 1160. The second-order valence-electron chi connectivity index (χ2n) is 7.36. The number of phenolic OH excluding ortho intramolecular Hbond substituents is 1. The third-order valence-corrected chi connectivity index (χ3v) is 5.55. The molecule has 0 spiro atoms. The van der Waals surface area contributed by atoms with Gasteiger partial charge in [-0.05, 0) is 36.8 Å². The first-order valence-corrected chi connectivity index (χ1v) is 10.3. The van der Waals surface area contributed by atoms with E-state index in [9.17, 15) is 14.7 Å². The number of esters is 1. The van der Waals surface area contributed by atoms with Crippen molar-refractivity contribution < 1.29 is 28.9 Å². The van der Waals surface area contributed by atoms with Crippen LogP contribution < -0.4 is 9.64 Å². The third-order valence-electron chi connectivity index (χ3n) is 5.55. The molecule has 0 fully saturated rings. The Morgan fingerprint density at radius 1 is 1.19 bits per heavy atom. The molecule has 2 aromatic carbocycles. The third kappa shape index (κ3) is 3.54. The van der Waals surface area contributed by atoms with Crippen LogP contribution in [0.4, 0.5) is 5.95 Å². The minimum atomic E-state index is -1.15. The average Bonchev–Trinajstić information content (AvgIpc) is 3.17. The second kappa shape index (κ2) is 8.88. The van der Waals surface area contributed by atoms with Crippen molar-refractivity contribution in [3.63, 3.8) is 0 Å². The number of anilines is 1. The van der Waals surface area contributed by atoms with Crippen LogP contribution in [0.25, 0.3) is 11.0 Å². The SMILES string of the molecule is CCOC(=O)[C@@H]1C(=O)N(CCOC)c2nc3ccccc3n2[C@H]1c1ccc(O)c(OC)c1. The molecule has 1 amide bonds. The summed E-state index contributed by atoms with van der Waals surface area (Å²) in [6.07, 6.45) is 0. The number of hydrogen-bond acceptors (Lipinski definition) is 7. The highest BCUT2D eigenvalue weighted by molar-refractivity contribution is 6.08. The predicted octanol–water partition coefficient (Wildman–Crippen LogP) is 2.51. The molecule has 4 rings (SSSR count). The van der Waals surface area contributed by atoms with Crippen LogP contribution in [0.1, 0.15) is 18.5 Å². The first-order valence-electron chi connectivity index (χ1n) is 10.3. The molecule has 9 nitrogen and oxygen atoms in total. The fourth-order valence-electron chi connectivity index (χ4n) is 4.12. The highest BCUT2D eigenvalue weighted by Gasteiger charge is 2.47. The Balaban J connectivity index is 1.99. The molecule has 0 aliphatic carbocycles. The van der Waals surface area contributed by atoms with Crippen LogP contribution in [0.5, 0.6) is 11.5 Å². The Kier molecular flexibility index (Phi) is 6.00. The van der Waals surface area contributed by atoms with E-state index in [-0.39, 0.29) is 31.3 Å². The number of ether oxygens (including phenoxy) is 3. The summed E-state index contributed by atoms with van der Waals surface area (Å²) in [4.78, 5) is 32.9. The van der Waals surface area contributed by atoms with Gasteiger partial charge in [-0.1, -0.05) is 18.2 Å². The van der Waals surface area contributed by atoms with Gasteiger partial charge in [-0.25, -0.2) is 4.98 Å². The molecule has 1 aliphatic heterocycles. The van der Waals surface area contributed by atoms with Gasteiger partial charge in [0.15, 0.2) is 17.4 Å². The van der Waals surface area contributed by atoms with Gasteiger partial charge in [0.05, 0.1) is 43.9 Å². The van der Waals surface area contributed by atoms with Crippen molar-refractivity contribution >= 4 is 28.9 Å². The van der Waals surface area contributed by atoms with Gasteiger partial charge in [0.1, 0.15) is 0 Å². The monoisotopic (exact) mass is 439 g/mol. The molecule has 3 aromatic rings. The number of para-hydroxylation sites is 2. The predicted molar refractivity (Wildman–Crippen MR) is 117 cm³/mol. The summed E-state index contributed by atoms with van der Waals surface area (Å²) in [6, 6.07) is 11.5. The normalized spacial score (nSPS) is 18.0. The average molecular weight is 439 g/mol. The largest absolute Gasteiger partial charge is 0.504 e. The Hall–Kier alpha value is -3.59. The number of carbonyl (C=O) groups is 2. The molecular weight excluding hydrogens is 414 g/mol. The first-order chi connectivity index (χ1) is 15.5. The molecule has 0 saturated heterocycles. The van der Waals surface area contributed by atoms with Gasteiger partial charge in [0, 0.05) is 7.11 Å². The summed E-state index contributed by atoms with van der Waals surface area (Å²) in [5, 5.41) is 10.1. The Morgan fingerprint density at radius 2 is 1.97 bits per heavy atom. The minimum absolute atomic E-state index is 0.0384. The van der Waals surface area contributed by atoms with Crippen molar-refractivity contribution in [3.8, 4) is 11.5 Å². The maximum absolute atomic E-state index is 13.6. The van der Waals surface area contributed by atoms with Crippen molar-refractivity contribution in [3.05, 3.63) is 48.0 Å². The first kappa shape index (κ1) is 21.6. The standard InChI is InChI=1S/C23H25N3O6/c1-4-32-22(29)19-20(14-9-10-17(27)18(13-14)31-3)26-16-8-6-5-7-15(16)24-23(26)25(21(19)28)11-12-30-2/h5-10,13,19-20,27H,4,11-12H2,1-3H3/t19-,20-/m0/s1. The number of aromatic nitrogens is 2. The molecule has 1 aliphatic rings. The van der Waals surface area contributed by atoms with Crippen molar-refractivity contribution in [2.45, 2.75) is 13.0 Å². The van der Waals surface area contributed by atoms with E-state index >= 15 is 0 Å². The lowest BCUT2D eigenvalue weighted by Crippen LogP contribution is -2.51. The number of carbonyl (C=O) groups excluding carboxylic acids is 2. The van der Waals surface area contributed by atoms with E-state index in [1.54, 1.807) is 26.2 Å². The lowest BCUT2D eigenvalue weighted by Gasteiger charge is -2.37. The van der Waals surface area contributed by atoms with E-state index in [0.29, 0.717) is 17.0 Å². The molecule has 0 bridgehead atoms. The van der Waals surface area contributed by atoms with E-state index in [0.717, 1.165) is 5.52 Å². The Morgan fingerprint density at radius 3 is 2.69 bits per heavy atom. The number of aromatic hydroxyl groups is 1. The van der Waals surface area contributed by atoms with Gasteiger partial charge in [-0.15, -0.1) is 0 Å². The van der Waals surface area contributed by atoms with E-state index in [1.807, 2.05) is 28.8 Å². The summed E-state index contributed by atoms with van der Waals surface area (Å²) in [7, 11) is 2.99. The number of methoxy groups -OCH3 is 2. The highest BCUT2D eigenvalue weighted by atomic mass is 16.5. The number of amides is 1. The van der Waals surface area contributed by atoms with Gasteiger partial charge in [-0.3, -0.25) is 14.5 Å². The summed E-state index contributed by atoms with van der Waals surface area (Å²) in [6.45, 7) is 2.36. The van der Waals surface area contributed by atoms with E-state index < -0.39 is 23.8 Å². The van der Waals surface area contributed by atoms with Crippen LogP contribution >= 0.6 is 0 Å². The van der Waals surface area contributed by atoms with Crippen molar-refractivity contribution in [2.24, 2.45) is 5.92 Å². The number of phenols is 1. The zero-order valence-electron chi connectivity index (χ0n) is 18.1. The van der Waals surface area contributed by atoms with Crippen molar-refractivity contribution in [1.29, 1.82) is 0 Å². The number of rotatable bonds is 7. The van der Waals surface area contributed by atoms with Gasteiger partial charge >= 0.3 is 5.97 Å². The molecule has 0 saturated carbocycles. The van der Waals surface area contributed by atoms with Crippen molar-refractivity contribution in [2.75, 3.05) is 38.9 Å². The van der Waals surface area contributed by atoms with E-state index in [1.165, 1.54) is 18.1 Å². The lowest BCUT2D eigenvalue weighted by molar-refractivity contribution is -0.153. The van der Waals surface area contributed by atoms with Crippen LogP contribution in [0, 0.1) is 5.92 Å². The Labute approximate surface area is 185 Å². The van der Waals surface area contributed by atoms with Crippen molar-refractivity contribution in [1.82, 2.24) is 9.55 Å². The molecule has 1 aromatic heterocycles. The molecule has 0 unspecified atom stereocenters. The summed E-state index contributed by atoms with van der Waals surface area (Å²) in [5.41, 5.74) is 2.07. The van der Waals surface area contributed by atoms with Crippen LogP contribution in [0.2, 0.25) is 0 Å². The molecule has 168 valence electrons. The molecule has 1 N–H and O–H groups in total. The summed E-state index contributed by atoms with van der Waals surface area (Å²) < 4.78 is 17.6. The fraction of sp³-hybridized carbons (Fsp3) is 0.348. The maximum Gasteiger partial charge on any atom is 0.321 e. The van der Waals surface area contributed by atoms with Gasteiger partial charge in [-0.2, -0.15) is 0 Å². The van der Waals surface area contributed by atoms with Crippen LogP contribution in [0.3, 0.4) is 0 Å². The molecule has 32 heavy (non-hydrogen) atoms. The quantitative estimate of drug-likeness (QED) is 0.446. The van der Waals surface area contributed by atoms with Gasteiger partial charge in [0.25, 0.3) is 0 Å². The maximum atomic E-state index is 13.6. The molecule has 2 atom stereocenters. The number of hydrogen-bond donors (Lipinski definition) is 1. The smallest absolute Gasteiger partial charge is 0.321 e. The minimum Gasteiger partial charge on any atom is -0.504 e. The second-order valence-corrected chi connectivity index (χ2v) is 7.36. The zero-order valence-corrected chi connectivity index (χ0v) is 18.1. The fourth-order valence-corrected chi connectivity index (χ4v) is 4.12. The van der Waals surface area contributed by atoms with Crippen LogP contribution in [-0.2, 0) is 19.1 Å². The van der Waals surface area contributed by atoms with Crippen LogP contribution in [0.15, 0.2) is 42.5 Å². The zero-order chi connectivity index (χ0) is 22.8. The summed E-state index contributed by atoms with van der Waals surface area (Å²) in [5.74, 6) is -1.56. The molecule has 2 heterocycles. The topological polar surface area (TPSA) is 103 Å². The molecule has 0 radical (unpaired) electrons. The molecule has 9 heteroatoms. The van der Waals surface area contributed by atoms with E-state index in [2.05, 4.69) is 0 Å². The molecular formula is C23H25N3O6. The number of nitrogens with zero attached hydrogens (tertiary/aromatic N) is 3. The van der Waals surface area contributed by atoms with Crippen LogP contribution in [-0.4, -0.2) is 60.5 Å². The number of fused-ring (bicyclic) bond motifs is 3. The lowest BCUT2D eigenvalue weighted by atomic mass is 9.89. The van der Waals surface area contributed by atoms with E-state index in [4.69, 9.17) is 19.2 Å².